The molecule has 0 saturated carbocycles. The average molecular weight is 465 g/mol. The van der Waals surface area contributed by atoms with E-state index in [0.29, 0.717) is 29.2 Å². The maximum Gasteiger partial charge on any atom is 0.335 e. The lowest BCUT2D eigenvalue weighted by Gasteiger charge is -2.25. The quantitative estimate of drug-likeness (QED) is 0.377. The molecule has 0 aromatic heterocycles. The molecule has 2 unspecified atom stereocenters. The number of methoxy groups -OCH3 is 3. The van der Waals surface area contributed by atoms with Gasteiger partial charge in [0.1, 0.15) is 0 Å². The fourth-order valence-electron chi connectivity index (χ4n) is 4.26. The van der Waals surface area contributed by atoms with E-state index in [1.54, 1.807) is 44.6 Å². The Kier molecular flexibility index (Phi) is 8.93. The van der Waals surface area contributed by atoms with E-state index in [2.05, 4.69) is 12.1 Å². The molecule has 0 heterocycles. The van der Waals surface area contributed by atoms with Crippen LogP contribution in [0.4, 0.5) is 0 Å². The molecule has 3 aromatic rings. The van der Waals surface area contributed by atoms with Gasteiger partial charge in [0.25, 0.3) is 0 Å². The molecule has 0 aliphatic heterocycles. The van der Waals surface area contributed by atoms with Crippen molar-refractivity contribution >= 4 is 5.97 Å². The van der Waals surface area contributed by atoms with Gasteiger partial charge >= 0.3 is 5.97 Å². The van der Waals surface area contributed by atoms with Crippen molar-refractivity contribution in [2.24, 2.45) is 5.92 Å². The molecule has 34 heavy (non-hydrogen) atoms. The molecule has 0 fully saturated rings. The van der Waals surface area contributed by atoms with E-state index in [1.165, 1.54) is 12.7 Å². The molecule has 0 aliphatic rings. The summed E-state index contributed by atoms with van der Waals surface area (Å²) in [6, 6.07) is 20.7. The van der Waals surface area contributed by atoms with Gasteiger partial charge in [0, 0.05) is 0 Å². The lowest BCUT2D eigenvalue weighted by molar-refractivity contribution is 0.0696. The van der Waals surface area contributed by atoms with E-state index in [9.17, 15) is 15.0 Å². The van der Waals surface area contributed by atoms with E-state index in [0.717, 1.165) is 24.8 Å². The Labute approximate surface area is 200 Å². The van der Waals surface area contributed by atoms with E-state index < -0.39 is 12.1 Å². The van der Waals surface area contributed by atoms with E-state index in [4.69, 9.17) is 14.2 Å². The first kappa shape index (κ1) is 25.1. The average Bonchev–Trinajstić information content (AvgIpc) is 2.87. The Balaban J connectivity index is 1.88. The van der Waals surface area contributed by atoms with Gasteiger partial charge in [-0.1, -0.05) is 42.5 Å². The van der Waals surface area contributed by atoms with Gasteiger partial charge in [0.2, 0.25) is 5.75 Å². The van der Waals surface area contributed by atoms with Gasteiger partial charge in [0.05, 0.1) is 33.0 Å². The van der Waals surface area contributed by atoms with Crippen LogP contribution in [0.3, 0.4) is 0 Å². The lowest BCUT2D eigenvalue weighted by atomic mass is 9.85. The van der Waals surface area contributed by atoms with Crippen molar-refractivity contribution in [1.82, 2.24) is 0 Å². The zero-order valence-corrected chi connectivity index (χ0v) is 19.9. The number of rotatable bonds is 12. The highest BCUT2D eigenvalue weighted by molar-refractivity contribution is 5.87. The standard InChI is InChI=1S/C28H32O6/c1-32-24-17-23(18-25(33-2)27(24)34-3)26(29)21(13-7-11-19-9-5-4-6-10-19)15-20-12-8-14-22(16-20)28(30)31/h4-6,8-10,12,14,16-18,21,26,29H,7,11,13,15H2,1-3H3,(H,30,31). The van der Waals surface area contributed by atoms with Crippen LogP contribution in [-0.4, -0.2) is 37.5 Å². The van der Waals surface area contributed by atoms with Crippen LogP contribution in [0.25, 0.3) is 0 Å². The summed E-state index contributed by atoms with van der Waals surface area (Å²) in [4.78, 5) is 11.4. The van der Waals surface area contributed by atoms with Gasteiger partial charge in [-0.25, -0.2) is 4.79 Å². The summed E-state index contributed by atoms with van der Waals surface area (Å²) < 4.78 is 16.3. The SMILES string of the molecule is COc1cc(C(O)C(CCCc2ccccc2)Cc2cccc(C(=O)O)c2)cc(OC)c1OC. The molecule has 180 valence electrons. The molecule has 0 radical (unpaired) electrons. The maximum absolute atomic E-state index is 11.5. The van der Waals surface area contributed by atoms with Gasteiger partial charge in [0.15, 0.2) is 11.5 Å². The molecular weight excluding hydrogens is 432 g/mol. The number of carboxylic acid groups (broad SMARTS) is 1. The summed E-state index contributed by atoms with van der Waals surface area (Å²) >= 11 is 0. The minimum Gasteiger partial charge on any atom is -0.493 e. The minimum atomic E-state index is -0.965. The first-order chi connectivity index (χ1) is 16.5. The van der Waals surface area contributed by atoms with E-state index in [1.807, 2.05) is 24.3 Å². The van der Waals surface area contributed by atoms with Crippen LogP contribution in [0, 0.1) is 5.92 Å². The van der Waals surface area contributed by atoms with Gasteiger partial charge in [-0.3, -0.25) is 0 Å². The number of aliphatic hydroxyl groups excluding tert-OH is 1. The third kappa shape index (κ3) is 6.29. The van der Waals surface area contributed by atoms with Crippen molar-refractivity contribution in [2.75, 3.05) is 21.3 Å². The summed E-state index contributed by atoms with van der Waals surface area (Å²) in [5, 5.41) is 20.8. The molecule has 0 aliphatic carbocycles. The van der Waals surface area contributed by atoms with Crippen LogP contribution in [0.5, 0.6) is 17.2 Å². The molecule has 0 saturated heterocycles. The van der Waals surface area contributed by atoms with Gasteiger partial charge in [-0.15, -0.1) is 0 Å². The van der Waals surface area contributed by atoms with E-state index in [-0.39, 0.29) is 11.5 Å². The van der Waals surface area contributed by atoms with Crippen molar-refractivity contribution in [1.29, 1.82) is 0 Å². The Morgan fingerprint density at radius 1 is 0.853 bits per heavy atom. The highest BCUT2D eigenvalue weighted by atomic mass is 16.5. The monoisotopic (exact) mass is 464 g/mol. The first-order valence-corrected chi connectivity index (χ1v) is 11.3. The summed E-state index contributed by atoms with van der Waals surface area (Å²) in [5.41, 5.74) is 3.02. The predicted octanol–water partition coefficient (Wildman–Crippen LogP) is 5.33. The molecule has 3 aromatic carbocycles. The Morgan fingerprint density at radius 3 is 2.09 bits per heavy atom. The third-order valence-corrected chi connectivity index (χ3v) is 6.03. The number of aliphatic hydroxyl groups is 1. The number of ether oxygens (including phenoxy) is 3. The minimum absolute atomic E-state index is 0.143. The topological polar surface area (TPSA) is 85.2 Å². The molecule has 0 bridgehead atoms. The zero-order valence-electron chi connectivity index (χ0n) is 19.9. The smallest absolute Gasteiger partial charge is 0.335 e. The molecule has 6 nitrogen and oxygen atoms in total. The largest absolute Gasteiger partial charge is 0.493 e. The van der Waals surface area contributed by atoms with Crippen molar-refractivity contribution < 1.29 is 29.2 Å². The number of aromatic carboxylic acids is 1. The second-order valence-electron chi connectivity index (χ2n) is 8.25. The van der Waals surface area contributed by atoms with Crippen molar-refractivity contribution in [2.45, 2.75) is 31.8 Å². The highest BCUT2D eigenvalue weighted by Gasteiger charge is 2.25. The predicted molar refractivity (Wildman–Crippen MR) is 131 cm³/mol. The van der Waals surface area contributed by atoms with Crippen molar-refractivity contribution in [3.63, 3.8) is 0 Å². The second-order valence-corrected chi connectivity index (χ2v) is 8.25. The molecule has 6 heteroatoms. The third-order valence-electron chi connectivity index (χ3n) is 6.03. The number of carboxylic acids is 1. The molecule has 0 spiro atoms. The fraction of sp³-hybridized carbons (Fsp3) is 0.321. The second kappa shape index (κ2) is 12.1. The summed E-state index contributed by atoms with van der Waals surface area (Å²) in [5.74, 6) is 0.317. The molecule has 2 atom stereocenters. The number of hydrogen-bond acceptors (Lipinski definition) is 5. The van der Waals surface area contributed by atoms with Crippen molar-refractivity contribution in [3.8, 4) is 17.2 Å². The van der Waals surface area contributed by atoms with Crippen molar-refractivity contribution in [3.05, 3.63) is 89.0 Å². The van der Waals surface area contributed by atoms with Gasteiger partial charge in [-0.05, 0) is 72.6 Å². The number of benzene rings is 3. The first-order valence-electron chi connectivity index (χ1n) is 11.3. The van der Waals surface area contributed by atoms with Crippen LogP contribution in [0.2, 0.25) is 0 Å². The zero-order chi connectivity index (χ0) is 24.5. The molecule has 3 rings (SSSR count). The van der Waals surface area contributed by atoms with Crippen LogP contribution in [0.15, 0.2) is 66.7 Å². The number of carbonyl (C=O) groups is 1. The lowest BCUT2D eigenvalue weighted by Crippen LogP contribution is -2.17. The Morgan fingerprint density at radius 2 is 1.50 bits per heavy atom. The van der Waals surface area contributed by atoms with E-state index >= 15 is 0 Å². The summed E-state index contributed by atoms with van der Waals surface area (Å²) in [6.45, 7) is 0. The molecule has 2 N–H and O–H groups in total. The van der Waals surface area contributed by atoms with Crippen LogP contribution < -0.4 is 14.2 Å². The molecule has 0 amide bonds. The summed E-state index contributed by atoms with van der Waals surface area (Å²) in [6.07, 6.45) is 2.26. The van der Waals surface area contributed by atoms with Crippen LogP contribution in [0.1, 0.15) is 46.0 Å². The Hall–Kier alpha value is -3.51. The van der Waals surface area contributed by atoms with Crippen LogP contribution in [-0.2, 0) is 12.8 Å². The number of hydrogen-bond donors (Lipinski definition) is 2. The summed E-state index contributed by atoms with van der Waals surface area (Å²) in [7, 11) is 4.63. The van der Waals surface area contributed by atoms with Crippen LogP contribution >= 0.6 is 0 Å². The highest BCUT2D eigenvalue weighted by Crippen LogP contribution is 2.42. The number of aryl methyl sites for hydroxylation is 1. The fourth-order valence-corrected chi connectivity index (χ4v) is 4.26. The Bertz CT molecular complexity index is 1050. The van der Waals surface area contributed by atoms with Gasteiger partial charge < -0.3 is 24.4 Å². The normalized spacial score (nSPS) is 12.6. The molecular formula is C28H32O6. The van der Waals surface area contributed by atoms with Gasteiger partial charge in [-0.2, -0.15) is 0 Å². The maximum atomic E-state index is 11.5.